The van der Waals surface area contributed by atoms with E-state index in [0.29, 0.717) is 12.5 Å². The van der Waals surface area contributed by atoms with Gasteiger partial charge < -0.3 is 9.30 Å². The van der Waals surface area contributed by atoms with Crippen molar-refractivity contribution in [2.24, 2.45) is 0 Å². The van der Waals surface area contributed by atoms with Crippen LogP contribution in [0.3, 0.4) is 0 Å². The number of ether oxygens (including phenoxy) is 1. The van der Waals surface area contributed by atoms with E-state index in [1.54, 1.807) is 6.20 Å². The highest BCUT2D eigenvalue weighted by Gasteiger charge is 2.11. The van der Waals surface area contributed by atoms with Crippen molar-refractivity contribution in [1.29, 1.82) is 0 Å². The number of rotatable bonds is 7. The van der Waals surface area contributed by atoms with Crippen LogP contribution in [0.4, 0.5) is 0 Å². The van der Waals surface area contributed by atoms with Crippen molar-refractivity contribution < 1.29 is 4.74 Å². The normalized spacial score (nSPS) is 11.3. The highest BCUT2D eigenvalue weighted by atomic mass is 79.9. The molecule has 0 amide bonds. The van der Waals surface area contributed by atoms with Crippen molar-refractivity contribution in [3.63, 3.8) is 0 Å². The van der Waals surface area contributed by atoms with E-state index in [1.165, 1.54) is 0 Å². The Kier molecular flexibility index (Phi) is 5.60. The Hall–Kier alpha value is -0.650. The monoisotopic (exact) mass is 345 g/mol. The number of hydrogen-bond acceptors (Lipinski definition) is 3. The van der Waals surface area contributed by atoms with Crippen molar-refractivity contribution in [2.45, 2.75) is 32.2 Å². The Morgan fingerprint density at radius 3 is 3.00 bits per heavy atom. The van der Waals surface area contributed by atoms with Crippen molar-refractivity contribution in [3.05, 3.63) is 22.6 Å². The molecule has 0 N–H and O–H groups in total. The van der Waals surface area contributed by atoms with Gasteiger partial charge in [-0.15, -0.1) is 11.6 Å². The second-order valence-electron chi connectivity index (χ2n) is 4.28. The van der Waals surface area contributed by atoms with E-state index in [9.17, 15) is 0 Å². The maximum Gasteiger partial charge on any atom is 0.160 e. The maximum absolute atomic E-state index is 5.94. The minimum Gasteiger partial charge on any atom is -0.380 e. The molecule has 0 atom stereocenters. The predicted octanol–water partition coefficient (Wildman–Crippen LogP) is 3.75. The van der Waals surface area contributed by atoms with Gasteiger partial charge >= 0.3 is 0 Å². The van der Waals surface area contributed by atoms with E-state index in [2.05, 4.69) is 32.8 Å². The highest BCUT2D eigenvalue weighted by molar-refractivity contribution is 9.10. The van der Waals surface area contributed by atoms with Gasteiger partial charge in [-0.3, -0.25) is 0 Å². The SMILES string of the molecule is CCCCOCCn1c(CCl)nc2cc(Br)cnc21. The van der Waals surface area contributed by atoms with Crippen LogP contribution < -0.4 is 0 Å². The molecule has 0 bridgehead atoms. The largest absolute Gasteiger partial charge is 0.380 e. The molecular weight excluding hydrogens is 330 g/mol. The summed E-state index contributed by atoms with van der Waals surface area (Å²) in [7, 11) is 0. The molecule has 2 heterocycles. The summed E-state index contributed by atoms with van der Waals surface area (Å²) in [5.41, 5.74) is 1.72. The van der Waals surface area contributed by atoms with Gasteiger partial charge in [-0.1, -0.05) is 13.3 Å². The molecule has 0 saturated heterocycles. The summed E-state index contributed by atoms with van der Waals surface area (Å²) >= 11 is 9.34. The predicted molar refractivity (Wildman–Crippen MR) is 80.5 cm³/mol. The van der Waals surface area contributed by atoms with Gasteiger partial charge in [0, 0.05) is 23.8 Å². The molecule has 6 heteroatoms. The average Bonchev–Trinajstić information content (AvgIpc) is 2.75. The van der Waals surface area contributed by atoms with Gasteiger partial charge in [-0.25, -0.2) is 9.97 Å². The molecule has 2 rings (SSSR count). The van der Waals surface area contributed by atoms with Crippen molar-refractivity contribution in [1.82, 2.24) is 14.5 Å². The first-order valence-electron chi connectivity index (χ1n) is 6.40. The van der Waals surface area contributed by atoms with Gasteiger partial charge in [0.25, 0.3) is 0 Å². The van der Waals surface area contributed by atoms with Gasteiger partial charge in [-0.2, -0.15) is 0 Å². The van der Waals surface area contributed by atoms with Crippen molar-refractivity contribution >= 4 is 38.7 Å². The first kappa shape index (κ1) is 14.8. The molecule has 4 nitrogen and oxygen atoms in total. The van der Waals surface area contributed by atoms with Crippen LogP contribution in [-0.2, 0) is 17.2 Å². The first-order chi connectivity index (χ1) is 9.26. The van der Waals surface area contributed by atoms with Gasteiger partial charge in [0.15, 0.2) is 5.65 Å². The lowest BCUT2D eigenvalue weighted by molar-refractivity contribution is 0.123. The second kappa shape index (κ2) is 7.22. The number of hydrogen-bond donors (Lipinski definition) is 0. The van der Waals surface area contributed by atoms with Gasteiger partial charge in [0.2, 0.25) is 0 Å². The van der Waals surface area contributed by atoms with Crippen LogP contribution in [0.2, 0.25) is 0 Å². The number of fused-ring (bicyclic) bond motifs is 1. The molecule has 0 unspecified atom stereocenters. The van der Waals surface area contributed by atoms with Crippen molar-refractivity contribution in [3.8, 4) is 0 Å². The number of nitrogens with zero attached hydrogens (tertiary/aromatic N) is 3. The quantitative estimate of drug-likeness (QED) is 0.566. The molecule has 0 saturated carbocycles. The van der Waals surface area contributed by atoms with E-state index in [4.69, 9.17) is 16.3 Å². The first-order valence-corrected chi connectivity index (χ1v) is 7.73. The van der Waals surface area contributed by atoms with E-state index >= 15 is 0 Å². The van der Waals surface area contributed by atoms with Crippen LogP contribution >= 0.6 is 27.5 Å². The smallest absolute Gasteiger partial charge is 0.160 e. The third-order valence-corrected chi connectivity index (χ3v) is 3.52. The van der Waals surface area contributed by atoms with Crippen LogP contribution in [0, 0.1) is 0 Å². The third-order valence-electron chi connectivity index (χ3n) is 2.85. The van der Waals surface area contributed by atoms with Gasteiger partial charge in [0.05, 0.1) is 12.5 Å². The van der Waals surface area contributed by atoms with Crippen LogP contribution in [-0.4, -0.2) is 27.7 Å². The Labute approximate surface area is 126 Å². The van der Waals surface area contributed by atoms with Crippen LogP contribution in [0.25, 0.3) is 11.2 Å². The zero-order chi connectivity index (χ0) is 13.7. The third kappa shape index (κ3) is 3.68. The number of alkyl halides is 1. The number of halogens is 2. The maximum atomic E-state index is 5.94. The summed E-state index contributed by atoms with van der Waals surface area (Å²) in [5.74, 6) is 1.21. The Morgan fingerprint density at radius 2 is 2.26 bits per heavy atom. The highest BCUT2D eigenvalue weighted by Crippen LogP contribution is 2.19. The molecule has 0 aliphatic rings. The van der Waals surface area contributed by atoms with E-state index < -0.39 is 0 Å². The topological polar surface area (TPSA) is 39.9 Å². The summed E-state index contributed by atoms with van der Waals surface area (Å²) in [6.07, 6.45) is 4.02. The molecule has 0 spiro atoms. The fourth-order valence-electron chi connectivity index (χ4n) is 1.87. The van der Waals surface area contributed by atoms with Crippen LogP contribution in [0.15, 0.2) is 16.7 Å². The molecule has 0 aromatic carbocycles. The van der Waals surface area contributed by atoms with E-state index in [0.717, 1.165) is 47.5 Å². The van der Waals surface area contributed by atoms with Crippen molar-refractivity contribution in [2.75, 3.05) is 13.2 Å². The molecular formula is C13H17BrClN3O. The Bertz CT molecular complexity index is 544. The lowest BCUT2D eigenvalue weighted by Gasteiger charge is -2.07. The van der Waals surface area contributed by atoms with E-state index in [-0.39, 0.29) is 0 Å². The second-order valence-corrected chi connectivity index (χ2v) is 5.46. The minimum absolute atomic E-state index is 0.378. The minimum atomic E-state index is 0.378. The summed E-state index contributed by atoms with van der Waals surface area (Å²) < 4.78 is 8.54. The molecule has 0 fully saturated rings. The molecule has 0 aliphatic heterocycles. The number of unbranched alkanes of at least 4 members (excludes halogenated alkanes) is 1. The summed E-state index contributed by atoms with van der Waals surface area (Å²) in [4.78, 5) is 8.89. The number of imidazole rings is 1. The summed E-state index contributed by atoms with van der Waals surface area (Å²) in [5, 5.41) is 0. The standard InChI is InChI=1S/C13H17BrClN3O/c1-2-3-5-19-6-4-18-12(8-15)17-11-7-10(14)9-16-13(11)18/h7,9H,2-6,8H2,1H3. The average molecular weight is 347 g/mol. The molecule has 2 aromatic rings. The van der Waals surface area contributed by atoms with E-state index in [1.807, 2.05) is 10.6 Å². The number of aromatic nitrogens is 3. The fraction of sp³-hybridized carbons (Fsp3) is 0.538. The number of pyridine rings is 1. The molecule has 0 aliphatic carbocycles. The lowest BCUT2D eigenvalue weighted by Crippen LogP contribution is -2.09. The summed E-state index contributed by atoms with van der Waals surface area (Å²) in [6.45, 7) is 4.35. The Balaban J connectivity index is 2.11. The van der Waals surface area contributed by atoms with Gasteiger partial charge in [0.1, 0.15) is 11.3 Å². The van der Waals surface area contributed by atoms with Crippen LogP contribution in [0.1, 0.15) is 25.6 Å². The Morgan fingerprint density at radius 1 is 1.42 bits per heavy atom. The van der Waals surface area contributed by atoms with Crippen LogP contribution in [0.5, 0.6) is 0 Å². The fourth-order valence-corrected chi connectivity index (χ4v) is 2.40. The zero-order valence-corrected chi connectivity index (χ0v) is 13.2. The lowest BCUT2D eigenvalue weighted by atomic mass is 10.4. The molecule has 0 radical (unpaired) electrons. The van der Waals surface area contributed by atoms with Gasteiger partial charge in [-0.05, 0) is 28.4 Å². The summed E-state index contributed by atoms with van der Waals surface area (Å²) in [6, 6.07) is 1.95. The molecule has 2 aromatic heterocycles. The molecule has 104 valence electrons. The molecule has 19 heavy (non-hydrogen) atoms. The zero-order valence-electron chi connectivity index (χ0n) is 10.9.